The molecule has 0 bridgehead atoms. The van der Waals surface area contributed by atoms with Crippen LogP contribution in [0.3, 0.4) is 0 Å². The van der Waals surface area contributed by atoms with Crippen LogP contribution in [0.25, 0.3) is 0 Å². The van der Waals surface area contributed by atoms with Crippen molar-refractivity contribution in [1.29, 1.82) is 0 Å². The van der Waals surface area contributed by atoms with Crippen LogP contribution in [-0.2, 0) is 20.9 Å². The summed E-state index contributed by atoms with van der Waals surface area (Å²) in [5.74, 6) is -0.253. The number of halogens is 1. The number of amides is 1. The van der Waals surface area contributed by atoms with Crippen LogP contribution in [0, 0.1) is 0 Å². The van der Waals surface area contributed by atoms with Crippen molar-refractivity contribution < 1.29 is 14.4 Å². The molecule has 0 saturated carbocycles. The van der Waals surface area contributed by atoms with Crippen LogP contribution in [0.5, 0.6) is 0 Å². The fourth-order valence-corrected chi connectivity index (χ4v) is 2.28. The summed E-state index contributed by atoms with van der Waals surface area (Å²) in [6, 6.07) is 9.63. The van der Waals surface area contributed by atoms with Crippen molar-refractivity contribution in [3.8, 4) is 0 Å². The Bertz CT molecular complexity index is 429. The fraction of sp³-hybridized carbons (Fsp3) is 0.462. The molecule has 0 aromatic heterocycles. The second kappa shape index (κ2) is 6.34. The molecule has 1 aliphatic rings. The quantitative estimate of drug-likeness (QED) is 0.620. The first-order valence-corrected chi connectivity index (χ1v) is 6.44. The Balaban J connectivity index is 2.03. The van der Waals surface area contributed by atoms with Gasteiger partial charge in [0.05, 0.1) is 13.7 Å². The monoisotopic (exact) mass is 284 g/mol. The van der Waals surface area contributed by atoms with Crippen molar-refractivity contribution >= 4 is 17.5 Å². The third-order valence-corrected chi connectivity index (χ3v) is 3.20. The number of carbonyl (C=O) groups is 1. The van der Waals surface area contributed by atoms with E-state index < -0.39 is 11.8 Å². The van der Waals surface area contributed by atoms with Crippen molar-refractivity contribution in [2.45, 2.75) is 18.3 Å². The lowest BCUT2D eigenvalue weighted by Gasteiger charge is -2.25. The van der Waals surface area contributed by atoms with Gasteiger partial charge in [-0.2, -0.15) is 0 Å². The van der Waals surface area contributed by atoms with E-state index >= 15 is 0 Å². The molecule has 0 spiro atoms. The lowest BCUT2D eigenvalue weighted by molar-refractivity contribution is -0.194. The van der Waals surface area contributed by atoms with Gasteiger partial charge in [-0.25, -0.2) is 5.06 Å². The number of carbonyl (C=O) groups excluding carboxylic acids is 1. The predicted molar refractivity (Wildman–Crippen MR) is 71.1 cm³/mol. The highest BCUT2D eigenvalue weighted by atomic mass is 35.5. The molecule has 1 amide bonds. The van der Waals surface area contributed by atoms with Gasteiger partial charge in [0.1, 0.15) is 5.56 Å². The van der Waals surface area contributed by atoms with E-state index in [0.29, 0.717) is 13.1 Å². The van der Waals surface area contributed by atoms with Crippen molar-refractivity contribution in [2.75, 3.05) is 20.7 Å². The minimum Gasteiger partial charge on any atom is -0.333 e. The van der Waals surface area contributed by atoms with Crippen LogP contribution in [0.1, 0.15) is 5.56 Å². The molecule has 1 heterocycles. The average Bonchev–Trinajstić information content (AvgIpc) is 2.75. The van der Waals surface area contributed by atoms with E-state index in [1.165, 1.54) is 12.2 Å². The van der Waals surface area contributed by atoms with E-state index in [4.69, 9.17) is 21.2 Å². The molecule has 5 nitrogen and oxygen atoms in total. The number of nitrogens with zero attached hydrogens (tertiary/aromatic N) is 2. The van der Waals surface area contributed by atoms with Gasteiger partial charge >= 0.3 is 0 Å². The minimum atomic E-state index is -0.689. The summed E-state index contributed by atoms with van der Waals surface area (Å²) in [4.78, 5) is 19.2. The van der Waals surface area contributed by atoms with E-state index in [1.54, 1.807) is 11.9 Å². The number of ether oxygens (including phenoxy) is 1. The highest BCUT2D eigenvalue weighted by Crippen LogP contribution is 2.19. The average molecular weight is 285 g/mol. The Morgan fingerprint density at radius 1 is 1.53 bits per heavy atom. The van der Waals surface area contributed by atoms with Gasteiger partial charge in [-0.3, -0.25) is 14.5 Å². The van der Waals surface area contributed by atoms with Crippen LogP contribution in [-0.4, -0.2) is 48.4 Å². The molecule has 0 aliphatic carbocycles. The fourth-order valence-electron chi connectivity index (χ4n) is 1.96. The number of hydrogen-bond donors (Lipinski definition) is 0. The summed E-state index contributed by atoms with van der Waals surface area (Å²) in [6.07, 6.45) is -0.689. The topological polar surface area (TPSA) is 42.0 Å². The molecular formula is C13H17ClN2O3. The van der Waals surface area contributed by atoms with Crippen LogP contribution in [0.4, 0.5) is 0 Å². The van der Waals surface area contributed by atoms with Gasteiger partial charge in [-0.15, -0.1) is 0 Å². The molecule has 6 heteroatoms. The summed E-state index contributed by atoms with van der Waals surface area (Å²) in [6.45, 7) is 0.887. The first kappa shape index (κ1) is 14.3. The first-order chi connectivity index (χ1) is 9.11. The Labute approximate surface area is 117 Å². The number of hydrogen-bond acceptors (Lipinski definition) is 4. The zero-order valence-corrected chi connectivity index (χ0v) is 11.7. The Morgan fingerprint density at radius 3 is 2.74 bits per heavy atom. The Kier molecular flexibility index (Phi) is 4.76. The van der Waals surface area contributed by atoms with Crippen molar-refractivity contribution in [2.24, 2.45) is 0 Å². The minimum absolute atomic E-state index is 0.253. The van der Waals surface area contributed by atoms with E-state index in [2.05, 4.69) is 0 Å². The van der Waals surface area contributed by atoms with Gasteiger partial charge in [0.15, 0.2) is 6.23 Å². The van der Waals surface area contributed by atoms with Gasteiger partial charge in [0, 0.05) is 6.54 Å². The molecule has 19 heavy (non-hydrogen) atoms. The maximum atomic E-state index is 12.3. The number of rotatable bonds is 4. The van der Waals surface area contributed by atoms with E-state index in [1.807, 2.05) is 30.3 Å². The van der Waals surface area contributed by atoms with Gasteiger partial charge in [0.25, 0.3) is 5.91 Å². The van der Waals surface area contributed by atoms with Crippen LogP contribution >= 0.6 is 11.6 Å². The lowest BCUT2D eigenvalue weighted by Crippen LogP contribution is -2.44. The highest BCUT2D eigenvalue weighted by molar-refractivity contribution is 6.20. The first-order valence-electron chi connectivity index (χ1n) is 6.01. The molecule has 1 aromatic rings. The third kappa shape index (κ3) is 3.45. The predicted octanol–water partition coefficient (Wildman–Crippen LogP) is 1.43. The summed E-state index contributed by atoms with van der Waals surface area (Å²) < 4.78 is 5.38. The zero-order valence-electron chi connectivity index (χ0n) is 11.0. The molecular weight excluding hydrogens is 268 g/mol. The van der Waals surface area contributed by atoms with Crippen molar-refractivity contribution in [1.82, 2.24) is 9.96 Å². The highest BCUT2D eigenvalue weighted by Gasteiger charge is 2.37. The maximum absolute atomic E-state index is 12.3. The number of alkyl halides is 1. The maximum Gasteiger partial charge on any atom is 0.290 e. The number of benzene rings is 1. The Morgan fingerprint density at radius 2 is 2.21 bits per heavy atom. The second-order valence-electron chi connectivity index (χ2n) is 4.38. The molecule has 1 aliphatic heterocycles. The molecule has 0 unspecified atom stereocenters. The van der Waals surface area contributed by atoms with Crippen LogP contribution < -0.4 is 0 Å². The summed E-state index contributed by atoms with van der Waals surface area (Å²) in [5.41, 5.74) is 0.523. The molecule has 104 valence electrons. The number of hydroxylamine groups is 2. The standard InChI is InChI=1S/C13H17ClN2O3/c1-15-9-11(14)19-13(15)12(17)16(18-2)8-10-6-4-3-5-7-10/h3-7,11,13H,8-9H2,1-2H3/t11-,13-/m0/s1. The van der Waals surface area contributed by atoms with Gasteiger partial charge < -0.3 is 4.74 Å². The SMILES string of the molecule is CON(Cc1ccccc1)C(=O)[C@@H]1O[C@H](Cl)CN1C. The van der Waals surface area contributed by atoms with Crippen molar-refractivity contribution in [3.63, 3.8) is 0 Å². The lowest BCUT2D eigenvalue weighted by atomic mass is 10.2. The smallest absolute Gasteiger partial charge is 0.290 e. The molecule has 1 aromatic carbocycles. The van der Waals surface area contributed by atoms with Crippen LogP contribution in [0.15, 0.2) is 30.3 Å². The summed E-state index contributed by atoms with van der Waals surface area (Å²) >= 11 is 5.88. The van der Waals surface area contributed by atoms with Crippen molar-refractivity contribution in [3.05, 3.63) is 35.9 Å². The molecule has 2 atom stereocenters. The van der Waals surface area contributed by atoms with E-state index in [-0.39, 0.29) is 5.91 Å². The van der Waals surface area contributed by atoms with E-state index in [9.17, 15) is 4.79 Å². The molecule has 0 N–H and O–H groups in total. The molecule has 0 radical (unpaired) electrons. The van der Waals surface area contributed by atoms with Crippen LogP contribution in [0.2, 0.25) is 0 Å². The zero-order chi connectivity index (χ0) is 13.8. The molecule has 1 saturated heterocycles. The second-order valence-corrected chi connectivity index (χ2v) is 4.87. The summed E-state index contributed by atoms with van der Waals surface area (Å²) in [5, 5.41) is 1.28. The molecule has 2 rings (SSSR count). The molecule has 1 fully saturated rings. The number of likely N-dealkylation sites (N-methyl/N-ethyl adjacent to an activating group) is 1. The van der Waals surface area contributed by atoms with Gasteiger partial charge in [0.2, 0.25) is 0 Å². The largest absolute Gasteiger partial charge is 0.333 e. The van der Waals surface area contributed by atoms with E-state index in [0.717, 1.165) is 5.56 Å². The van der Waals surface area contributed by atoms with Gasteiger partial charge in [-0.1, -0.05) is 41.9 Å². The van der Waals surface area contributed by atoms with Gasteiger partial charge in [-0.05, 0) is 12.6 Å². The third-order valence-electron chi connectivity index (χ3n) is 2.95. The normalized spacial score (nSPS) is 23.5. The summed E-state index contributed by atoms with van der Waals surface area (Å²) in [7, 11) is 3.26. The Hall–Kier alpha value is -1.14.